The van der Waals surface area contributed by atoms with E-state index in [0.717, 1.165) is 29.5 Å². The largest absolute Gasteiger partial charge is 0.497 e. The highest BCUT2D eigenvalue weighted by Crippen LogP contribution is 2.59. The van der Waals surface area contributed by atoms with Gasteiger partial charge in [0.2, 0.25) is 0 Å². The maximum atomic E-state index is 5.60. The van der Waals surface area contributed by atoms with E-state index in [1.807, 2.05) is 0 Å². The summed E-state index contributed by atoms with van der Waals surface area (Å²) >= 11 is 0. The van der Waals surface area contributed by atoms with Crippen LogP contribution in [0.3, 0.4) is 0 Å². The van der Waals surface area contributed by atoms with Crippen LogP contribution in [0.2, 0.25) is 0 Å². The number of hydrogen-bond donors (Lipinski definition) is 0. The Morgan fingerprint density at radius 1 is 1.28 bits per heavy atom. The minimum Gasteiger partial charge on any atom is -0.497 e. The summed E-state index contributed by atoms with van der Waals surface area (Å²) in [5, 5.41) is 0. The standard InChI is InChI=1S/C23H31NO/c1-15-10-16(2)22-21-11-18-6-7-19(25-3)12-20(18)23(22,13-15)8-9-24(21)14-17-4-5-17/h6-7,12,16-17,21-22H,1,4-5,8-11,13-14H2,2-3H3/t16-,21?,22?,23?/m0/s1. The van der Waals surface area contributed by atoms with Gasteiger partial charge in [-0.2, -0.15) is 0 Å². The second-order valence-electron chi connectivity index (χ2n) is 9.27. The SMILES string of the molecule is C=C1C[C@H](C)C2C3Cc4ccc(OC)cc4C2(CCN3CC2CC2)C1. The lowest BCUT2D eigenvalue weighted by Gasteiger charge is -2.61. The first-order valence-electron chi connectivity index (χ1n) is 10.2. The molecule has 0 spiro atoms. The summed E-state index contributed by atoms with van der Waals surface area (Å²) in [5.74, 6) is 3.53. The second kappa shape index (κ2) is 5.61. The zero-order valence-corrected chi connectivity index (χ0v) is 15.8. The van der Waals surface area contributed by atoms with E-state index in [2.05, 4.69) is 36.6 Å². The van der Waals surface area contributed by atoms with E-state index >= 15 is 0 Å². The van der Waals surface area contributed by atoms with Crippen LogP contribution in [0.1, 0.15) is 50.2 Å². The van der Waals surface area contributed by atoms with Crippen molar-refractivity contribution in [3.63, 3.8) is 0 Å². The highest BCUT2D eigenvalue weighted by Gasteiger charge is 2.57. The Labute approximate surface area is 152 Å². The van der Waals surface area contributed by atoms with Crippen molar-refractivity contribution in [1.82, 2.24) is 4.90 Å². The average molecular weight is 338 g/mol. The van der Waals surface area contributed by atoms with Crippen molar-refractivity contribution in [3.8, 4) is 5.75 Å². The lowest BCUT2D eigenvalue weighted by atomic mass is 9.49. The number of allylic oxidation sites excluding steroid dienone is 1. The molecule has 134 valence electrons. The average Bonchev–Trinajstić information content (AvgIpc) is 3.40. The predicted molar refractivity (Wildman–Crippen MR) is 102 cm³/mol. The van der Waals surface area contributed by atoms with E-state index in [0.29, 0.717) is 5.41 Å². The van der Waals surface area contributed by atoms with Crippen LogP contribution in [-0.4, -0.2) is 31.1 Å². The Hall–Kier alpha value is -1.28. The highest BCUT2D eigenvalue weighted by molar-refractivity contribution is 5.47. The number of hydrogen-bond acceptors (Lipinski definition) is 2. The fraction of sp³-hybridized carbons (Fsp3) is 0.652. The molecule has 0 aromatic heterocycles. The Bertz CT molecular complexity index is 706. The van der Waals surface area contributed by atoms with E-state index in [1.54, 1.807) is 18.2 Å². The fourth-order valence-corrected chi connectivity index (χ4v) is 6.58. The molecule has 2 heteroatoms. The van der Waals surface area contributed by atoms with Crippen LogP contribution >= 0.6 is 0 Å². The second-order valence-corrected chi connectivity index (χ2v) is 9.27. The monoisotopic (exact) mass is 337 g/mol. The number of ether oxygens (including phenoxy) is 1. The Balaban J connectivity index is 1.62. The summed E-state index contributed by atoms with van der Waals surface area (Å²) in [7, 11) is 1.79. The maximum absolute atomic E-state index is 5.60. The molecule has 1 aromatic carbocycles. The zero-order chi connectivity index (χ0) is 17.2. The van der Waals surface area contributed by atoms with E-state index in [4.69, 9.17) is 4.74 Å². The van der Waals surface area contributed by atoms with Crippen LogP contribution in [-0.2, 0) is 11.8 Å². The van der Waals surface area contributed by atoms with Gasteiger partial charge in [-0.3, -0.25) is 4.90 Å². The van der Waals surface area contributed by atoms with Gasteiger partial charge in [0.25, 0.3) is 0 Å². The summed E-state index contributed by atoms with van der Waals surface area (Å²) < 4.78 is 5.60. The molecule has 0 radical (unpaired) electrons. The molecule has 2 nitrogen and oxygen atoms in total. The Morgan fingerprint density at radius 3 is 2.88 bits per heavy atom. The van der Waals surface area contributed by atoms with Crippen molar-refractivity contribution in [2.45, 2.75) is 56.9 Å². The molecule has 1 aliphatic heterocycles. The van der Waals surface area contributed by atoms with Crippen molar-refractivity contribution in [1.29, 1.82) is 0 Å². The van der Waals surface area contributed by atoms with E-state index < -0.39 is 0 Å². The van der Waals surface area contributed by atoms with E-state index in [9.17, 15) is 0 Å². The van der Waals surface area contributed by atoms with Crippen LogP contribution in [0, 0.1) is 17.8 Å². The summed E-state index contributed by atoms with van der Waals surface area (Å²) in [6.07, 6.45) is 7.85. The third-order valence-electron chi connectivity index (χ3n) is 7.63. The van der Waals surface area contributed by atoms with Crippen molar-refractivity contribution in [2.24, 2.45) is 17.8 Å². The molecule has 5 rings (SSSR count). The molecular formula is C23H31NO. The smallest absolute Gasteiger partial charge is 0.119 e. The Kier molecular flexibility index (Phi) is 3.57. The third kappa shape index (κ3) is 2.40. The van der Waals surface area contributed by atoms with Crippen LogP contribution < -0.4 is 4.74 Å². The molecule has 1 heterocycles. The van der Waals surface area contributed by atoms with Crippen molar-refractivity contribution in [2.75, 3.05) is 20.2 Å². The van der Waals surface area contributed by atoms with Gasteiger partial charge in [0.15, 0.2) is 0 Å². The predicted octanol–water partition coefficient (Wildman–Crippen LogP) is 4.58. The van der Waals surface area contributed by atoms with Crippen LogP contribution in [0.15, 0.2) is 30.4 Å². The first kappa shape index (κ1) is 15.9. The summed E-state index contributed by atoms with van der Waals surface area (Å²) in [5.41, 5.74) is 4.94. The molecule has 1 aromatic rings. The highest BCUT2D eigenvalue weighted by atomic mass is 16.5. The Morgan fingerprint density at radius 2 is 2.12 bits per heavy atom. The molecule has 3 fully saturated rings. The van der Waals surface area contributed by atoms with Crippen molar-refractivity contribution in [3.05, 3.63) is 41.5 Å². The topological polar surface area (TPSA) is 12.5 Å². The number of rotatable bonds is 3. The number of nitrogens with zero attached hydrogens (tertiary/aromatic N) is 1. The van der Waals surface area contributed by atoms with Crippen LogP contribution in [0.4, 0.5) is 0 Å². The van der Waals surface area contributed by atoms with Gasteiger partial charge < -0.3 is 4.74 Å². The third-order valence-corrected chi connectivity index (χ3v) is 7.63. The lowest BCUT2D eigenvalue weighted by molar-refractivity contribution is -0.0283. The number of methoxy groups -OCH3 is 1. The molecular weight excluding hydrogens is 306 g/mol. The minimum absolute atomic E-state index is 0.307. The molecule has 0 N–H and O–H groups in total. The van der Waals surface area contributed by atoms with Crippen molar-refractivity contribution >= 4 is 0 Å². The van der Waals surface area contributed by atoms with Crippen molar-refractivity contribution < 1.29 is 4.74 Å². The first-order chi connectivity index (χ1) is 12.1. The molecule has 3 aliphatic carbocycles. The van der Waals surface area contributed by atoms with Gasteiger partial charge in [-0.1, -0.05) is 25.1 Å². The number of fused-ring (bicyclic) bond motifs is 1. The van der Waals surface area contributed by atoms with E-state index in [-0.39, 0.29) is 0 Å². The van der Waals surface area contributed by atoms with Gasteiger partial charge in [0.1, 0.15) is 5.75 Å². The number of likely N-dealkylation sites (tertiary alicyclic amines) is 1. The molecule has 2 bridgehead atoms. The minimum atomic E-state index is 0.307. The molecule has 25 heavy (non-hydrogen) atoms. The zero-order valence-electron chi connectivity index (χ0n) is 15.8. The van der Waals surface area contributed by atoms with Gasteiger partial charge in [0.05, 0.1) is 7.11 Å². The fourth-order valence-electron chi connectivity index (χ4n) is 6.58. The molecule has 3 unspecified atom stereocenters. The van der Waals surface area contributed by atoms with Gasteiger partial charge >= 0.3 is 0 Å². The van der Waals surface area contributed by atoms with E-state index in [1.165, 1.54) is 57.2 Å². The van der Waals surface area contributed by atoms with Gasteiger partial charge in [-0.25, -0.2) is 0 Å². The normalized spacial score (nSPS) is 37.4. The number of benzene rings is 1. The first-order valence-corrected chi connectivity index (χ1v) is 10.2. The molecule has 4 atom stereocenters. The summed E-state index contributed by atoms with van der Waals surface area (Å²) in [4.78, 5) is 2.87. The van der Waals surface area contributed by atoms with Gasteiger partial charge in [-0.05, 0) is 86.1 Å². The van der Waals surface area contributed by atoms with Gasteiger partial charge in [-0.15, -0.1) is 0 Å². The maximum Gasteiger partial charge on any atom is 0.119 e. The molecule has 0 amide bonds. The van der Waals surface area contributed by atoms with Crippen LogP contribution in [0.25, 0.3) is 0 Å². The summed E-state index contributed by atoms with van der Waals surface area (Å²) in [6.45, 7) is 9.55. The van der Waals surface area contributed by atoms with Gasteiger partial charge in [0, 0.05) is 18.0 Å². The summed E-state index contributed by atoms with van der Waals surface area (Å²) in [6, 6.07) is 7.61. The quantitative estimate of drug-likeness (QED) is 0.749. The molecule has 1 saturated heterocycles. The lowest BCUT2D eigenvalue weighted by Crippen LogP contribution is -2.63. The number of piperidine rings is 1. The van der Waals surface area contributed by atoms with Crippen LogP contribution in [0.5, 0.6) is 5.75 Å². The molecule has 2 saturated carbocycles. The molecule has 4 aliphatic rings.